The molecule has 0 saturated heterocycles. The summed E-state index contributed by atoms with van der Waals surface area (Å²) in [5, 5.41) is 44.5. The second-order valence-electron chi connectivity index (χ2n) is 2.61. The van der Waals surface area contributed by atoms with Crippen LogP contribution >= 0.6 is 0 Å². The van der Waals surface area contributed by atoms with E-state index in [9.17, 15) is 14.8 Å². The molecule has 0 atom stereocenters. The van der Waals surface area contributed by atoms with Crippen LogP contribution in [0.1, 0.15) is 20.7 Å². The van der Waals surface area contributed by atoms with Crippen LogP contribution in [0.5, 0.6) is 0 Å². The van der Waals surface area contributed by atoms with E-state index >= 15 is 0 Å². The fourth-order valence-electron chi connectivity index (χ4n) is 0.892. The normalized spacial score (nSPS) is 7.62. The van der Waals surface area contributed by atoms with Crippen LogP contribution in [-0.2, 0) is 9.69 Å². The Balaban J connectivity index is -0.000000159. The zero-order chi connectivity index (χ0) is 14.1. The molecule has 0 aliphatic carbocycles. The molecule has 1 aromatic rings. The van der Waals surface area contributed by atoms with Gasteiger partial charge in [-0.1, -0.05) is 12.1 Å². The third-order valence-corrected chi connectivity index (χ3v) is 1.53. The van der Waals surface area contributed by atoms with E-state index in [4.69, 9.17) is 20.4 Å². The van der Waals surface area contributed by atoms with Crippen LogP contribution in [-0.4, -0.2) is 47.4 Å². The van der Waals surface area contributed by atoms with Crippen molar-refractivity contribution in [1.29, 1.82) is 0 Å². The third kappa shape index (κ3) is 13.0. The summed E-state index contributed by atoms with van der Waals surface area (Å²) in [5.74, 6) is -2.47. The van der Waals surface area contributed by atoms with Crippen LogP contribution in [0.3, 0.4) is 0 Å². The maximum absolute atomic E-state index is 10.7. The van der Waals surface area contributed by atoms with Gasteiger partial charge in [0, 0.05) is 7.32 Å². The first kappa shape index (κ1) is 29.8. The number of aromatic carboxylic acids is 1. The number of carbonyl (C=O) groups excluding carboxylic acids is 1. The Morgan fingerprint density at radius 3 is 1.71 bits per heavy atom. The molecule has 0 radical (unpaired) electrons. The van der Waals surface area contributed by atoms with Gasteiger partial charge in [0.1, 0.15) is 0 Å². The van der Waals surface area contributed by atoms with Gasteiger partial charge in [-0.2, -0.15) is 0 Å². The van der Waals surface area contributed by atoms with E-state index in [0.29, 0.717) is 0 Å². The fraction of sp³-hybridized carbons (Fsp3) is 0. The van der Waals surface area contributed by atoms with E-state index < -0.39 is 19.3 Å². The molecule has 0 aliphatic heterocycles. The molecule has 0 spiro atoms. The first-order valence-corrected chi connectivity index (χ1v) is 4.20. The van der Waals surface area contributed by atoms with Gasteiger partial charge in [-0.25, -0.2) is 9.59 Å². The largest absolute Gasteiger partial charge is 2.00 e. The summed E-state index contributed by atoms with van der Waals surface area (Å²) in [6, 6.07) is 5.32. The Bertz CT molecular complexity index is 420. The minimum atomic E-state index is -2.67. The number of carboxylic acids is 1. The van der Waals surface area contributed by atoms with E-state index in [2.05, 4.69) is 9.69 Å². The Kier molecular flexibility index (Phi) is 24.3. The smallest absolute Gasteiger partial charge is 0.871 e. The van der Waals surface area contributed by atoms with Crippen LogP contribution in [0.25, 0.3) is 0 Å². The van der Waals surface area contributed by atoms with E-state index in [1.165, 1.54) is 24.3 Å². The zero-order valence-corrected chi connectivity index (χ0v) is 16.7. The van der Waals surface area contributed by atoms with E-state index in [1.807, 2.05) is 0 Å². The molecule has 1 rings (SSSR count). The summed E-state index contributed by atoms with van der Waals surface area (Å²) in [6.07, 6.45) is 0. The quantitative estimate of drug-likeness (QED) is 0.322. The summed E-state index contributed by atoms with van der Waals surface area (Å²) in [6.45, 7) is 0. The van der Waals surface area contributed by atoms with E-state index in [-0.39, 0.29) is 93.3 Å². The van der Waals surface area contributed by atoms with Gasteiger partial charge in [-0.3, -0.25) is 0 Å². The Labute approximate surface area is 180 Å². The van der Waals surface area contributed by atoms with Crippen LogP contribution in [0.15, 0.2) is 24.3 Å². The van der Waals surface area contributed by atoms with Crippen LogP contribution < -0.4 is 79.7 Å². The molecule has 0 amide bonds. The first-order valence-electron chi connectivity index (χ1n) is 4.20. The molecule has 0 aliphatic rings. The van der Waals surface area contributed by atoms with E-state index in [1.54, 1.807) is 0 Å². The Hall–Kier alpha value is 0.791. The number of carbonyl (C=O) groups is 2. The van der Waals surface area contributed by atoms with Gasteiger partial charge in [-0.15, -0.1) is 0 Å². The van der Waals surface area contributed by atoms with Crippen molar-refractivity contribution >= 4 is 42.3 Å². The minimum Gasteiger partial charge on any atom is -0.871 e. The Morgan fingerprint density at radius 2 is 1.43 bits per heavy atom. The maximum atomic E-state index is 10.7. The predicted octanol–water partition coefficient (Wildman–Crippen LogP) is -10.6. The fourth-order valence-corrected chi connectivity index (χ4v) is 0.892. The van der Waals surface area contributed by atoms with Gasteiger partial charge in [0.2, 0.25) is 0 Å². The minimum absolute atomic E-state index is 0. The van der Waals surface area contributed by atoms with Crippen molar-refractivity contribution in [3.8, 4) is 0 Å². The number of benzene rings is 1. The molecule has 9 nitrogen and oxygen atoms in total. The van der Waals surface area contributed by atoms with Crippen LogP contribution in [0.2, 0.25) is 0 Å². The Morgan fingerprint density at radius 1 is 1.05 bits per heavy atom. The molecule has 1 N–H and O–H groups in total. The van der Waals surface area contributed by atoms with Crippen molar-refractivity contribution in [3.63, 3.8) is 0 Å². The second kappa shape index (κ2) is 17.1. The number of hydrogen-bond acceptors (Lipinski definition) is 8. The van der Waals surface area contributed by atoms with Gasteiger partial charge in [0.15, 0.2) is 0 Å². The van der Waals surface area contributed by atoms with Crippen LogP contribution in [0, 0.1) is 0 Å². The molecule has 0 bridgehead atoms. The molecule has 21 heavy (non-hydrogen) atoms. The predicted molar refractivity (Wildman–Crippen MR) is 51.4 cm³/mol. The van der Waals surface area contributed by atoms with E-state index in [0.717, 1.165) is 0 Å². The summed E-state index contributed by atoms with van der Waals surface area (Å²) in [4.78, 5) is 26.8. The molecular formula is C8H5BMgNa2O9. The van der Waals surface area contributed by atoms with Gasteiger partial charge < -0.3 is 35.4 Å². The van der Waals surface area contributed by atoms with Gasteiger partial charge in [0.25, 0.3) is 0 Å². The molecule has 0 heterocycles. The summed E-state index contributed by atoms with van der Waals surface area (Å²) in [5.41, 5.74) is -0.492. The van der Waals surface area contributed by atoms with Crippen molar-refractivity contribution < 1.29 is 104 Å². The SMILES string of the molecule is O=C(O)c1ccccc1C(=O)O[O-].[Mg+2].[Na+].[Na+].[O-]OB([O-])[O-]. The van der Waals surface area contributed by atoms with Gasteiger partial charge >= 0.3 is 94.1 Å². The molecule has 13 heteroatoms. The van der Waals surface area contributed by atoms with Crippen molar-refractivity contribution in [2.24, 2.45) is 0 Å². The molecule has 0 unspecified atom stereocenters. The van der Waals surface area contributed by atoms with Crippen molar-refractivity contribution in [3.05, 3.63) is 35.4 Å². The number of carboxylic acid groups (broad SMARTS) is 1. The summed E-state index contributed by atoms with van der Waals surface area (Å²) in [7, 11) is -2.67. The summed E-state index contributed by atoms with van der Waals surface area (Å²) < 4.78 is 0. The standard InChI is InChI=1S/C8H6O5.BHO4.Mg.2Na/c9-7(10)5-3-1-2-4-6(5)8(11)13-12;2-1(3)5-4;;;/h1-4,12H,(H,9,10);4H;;;/q;-2;+2;2*+1/p-2. The average Bonchev–Trinajstić information content (AvgIpc) is 2.38. The third-order valence-electron chi connectivity index (χ3n) is 1.53. The van der Waals surface area contributed by atoms with Gasteiger partial charge in [0.05, 0.1) is 11.1 Å². The van der Waals surface area contributed by atoms with Gasteiger partial charge in [-0.05, 0) is 12.1 Å². The van der Waals surface area contributed by atoms with Crippen molar-refractivity contribution in [2.75, 3.05) is 0 Å². The second-order valence-corrected chi connectivity index (χ2v) is 2.61. The number of rotatable bonds is 3. The molecule has 0 fully saturated rings. The molecule has 0 saturated carbocycles. The molecular weight excluding hydrogens is 321 g/mol. The van der Waals surface area contributed by atoms with Crippen LogP contribution in [0.4, 0.5) is 0 Å². The molecule has 0 aromatic heterocycles. The summed E-state index contributed by atoms with van der Waals surface area (Å²) >= 11 is 0. The maximum Gasteiger partial charge on any atom is 2.00 e. The van der Waals surface area contributed by atoms with Crippen molar-refractivity contribution in [1.82, 2.24) is 0 Å². The average molecular weight is 326 g/mol. The molecule has 98 valence electrons. The zero-order valence-electron chi connectivity index (χ0n) is 11.3. The monoisotopic (exact) mass is 326 g/mol. The number of hydrogen-bond donors (Lipinski definition) is 1. The molecule has 1 aromatic carbocycles. The topological polar surface area (TPSA) is 165 Å². The first-order chi connectivity index (χ1) is 8.43. The van der Waals surface area contributed by atoms with Crippen molar-refractivity contribution in [2.45, 2.75) is 0 Å².